The molecule has 3 aromatic rings. The second-order valence-corrected chi connectivity index (χ2v) is 7.36. The van der Waals surface area contributed by atoms with Crippen LogP contribution in [-0.4, -0.2) is 31.7 Å². The van der Waals surface area contributed by atoms with Crippen LogP contribution in [0.25, 0.3) is 10.9 Å². The molecular formula is C23H28N2O3. The summed E-state index contributed by atoms with van der Waals surface area (Å²) >= 11 is 0. The highest BCUT2D eigenvalue weighted by molar-refractivity contribution is 5.86. The molecule has 0 aliphatic rings. The van der Waals surface area contributed by atoms with Crippen molar-refractivity contribution in [3.8, 4) is 11.5 Å². The molecule has 148 valence electrons. The standard InChI is InChI=1S/C23H28N2O3/c1-15(2)13-25-23(26)12-18(16-9-10-21(27-3)22(11-16)28-4)19-14-24-20-8-6-5-7-17(19)20/h5-11,14-15,18,24H,12-13H2,1-4H3,(H,25,26)/t18-/m1/s1. The van der Waals surface area contributed by atoms with Gasteiger partial charge in [0.05, 0.1) is 14.2 Å². The topological polar surface area (TPSA) is 63.3 Å². The first-order valence-corrected chi connectivity index (χ1v) is 9.58. The number of benzene rings is 2. The Balaban J connectivity index is 2.00. The number of H-pyrrole nitrogens is 1. The van der Waals surface area contributed by atoms with E-state index in [0.717, 1.165) is 22.0 Å². The van der Waals surface area contributed by atoms with Crippen LogP contribution in [0.1, 0.15) is 37.3 Å². The summed E-state index contributed by atoms with van der Waals surface area (Å²) < 4.78 is 10.8. The highest BCUT2D eigenvalue weighted by Crippen LogP contribution is 2.37. The van der Waals surface area contributed by atoms with Crippen molar-refractivity contribution in [3.05, 3.63) is 59.8 Å². The first kappa shape index (κ1) is 19.8. The molecule has 5 nitrogen and oxygen atoms in total. The van der Waals surface area contributed by atoms with Gasteiger partial charge in [-0.3, -0.25) is 4.79 Å². The first-order chi connectivity index (χ1) is 13.5. The average molecular weight is 380 g/mol. The van der Waals surface area contributed by atoms with Gasteiger partial charge in [-0.2, -0.15) is 0 Å². The Morgan fingerprint density at radius 1 is 1.07 bits per heavy atom. The van der Waals surface area contributed by atoms with Crippen molar-refractivity contribution < 1.29 is 14.3 Å². The second kappa shape index (κ2) is 8.83. The molecule has 0 radical (unpaired) electrons. The van der Waals surface area contributed by atoms with Crippen LogP contribution in [0.2, 0.25) is 0 Å². The molecule has 0 fully saturated rings. The van der Waals surface area contributed by atoms with Crippen LogP contribution in [0.15, 0.2) is 48.7 Å². The van der Waals surface area contributed by atoms with Crippen LogP contribution >= 0.6 is 0 Å². The number of para-hydroxylation sites is 1. The van der Waals surface area contributed by atoms with Crippen molar-refractivity contribution in [3.63, 3.8) is 0 Å². The molecule has 0 spiro atoms. The van der Waals surface area contributed by atoms with Crippen LogP contribution in [0.5, 0.6) is 11.5 Å². The zero-order valence-electron chi connectivity index (χ0n) is 16.9. The smallest absolute Gasteiger partial charge is 0.220 e. The van der Waals surface area contributed by atoms with Gasteiger partial charge >= 0.3 is 0 Å². The van der Waals surface area contributed by atoms with Crippen LogP contribution in [-0.2, 0) is 4.79 Å². The van der Waals surface area contributed by atoms with Crippen molar-refractivity contribution in [2.45, 2.75) is 26.2 Å². The summed E-state index contributed by atoms with van der Waals surface area (Å²) in [6, 6.07) is 14.0. The van der Waals surface area contributed by atoms with Gasteiger partial charge in [0.15, 0.2) is 11.5 Å². The molecule has 0 unspecified atom stereocenters. The van der Waals surface area contributed by atoms with Crippen molar-refractivity contribution in [2.75, 3.05) is 20.8 Å². The van der Waals surface area contributed by atoms with E-state index in [1.165, 1.54) is 0 Å². The van der Waals surface area contributed by atoms with E-state index >= 15 is 0 Å². The maximum atomic E-state index is 12.7. The fourth-order valence-electron chi connectivity index (χ4n) is 3.43. The van der Waals surface area contributed by atoms with Gasteiger partial charge in [0, 0.05) is 36.0 Å². The molecule has 1 amide bonds. The van der Waals surface area contributed by atoms with E-state index in [-0.39, 0.29) is 11.8 Å². The monoisotopic (exact) mass is 380 g/mol. The lowest BCUT2D eigenvalue weighted by Gasteiger charge is -2.19. The lowest BCUT2D eigenvalue weighted by Crippen LogP contribution is -2.28. The van der Waals surface area contributed by atoms with E-state index in [4.69, 9.17) is 9.47 Å². The van der Waals surface area contributed by atoms with Gasteiger partial charge in [0.2, 0.25) is 5.91 Å². The summed E-state index contributed by atoms with van der Waals surface area (Å²) in [7, 11) is 3.24. The first-order valence-electron chi connectivity index (χ1n) is 9.58. The van der Waals surface area contributed by atoms with Gasteiger partial charge in [-0.25, -0.2) is 0 Å². The molecule has 2 aromatic carbocycles. The summed E-state index contributed by atoms with van der Waals surface area (Å²) in [5.41, 5.74) is 3.18. The molecule has 0 bridgehead atoms. The third-order valence-electron chi connectivity index (χ3n) is 4.90. The van der Waals surface area contributed by atoms with E-state index < -0.39 is 0 Å². The molecule has 0 saturated heterocycles. The lowest BCUT2D eigenvalue weighted by molar-refractivity contribution is -0.121. The lowest BCUT2D eigenvalue weighted by atomic mass is 9.87. The molecular weight excluding hydrogens is 352 g/mol. The number of methoxy groups -OCH3 is 2. The Hall–Kier alpha value is -2.95. The Morgan fingerprint density at radius 3 is 2.54 bits per heavy atom. The third-order valence-corrected chi connectivity index (χ3v) is 4.90. The molecule has 1 heterocycles. The Kier molecular flexibility index (Phi) is 6.24. The van der Waals surface area contributed by atoms with Crippen LogP contribution in [0.4, 0.5) is 0 Å². The van der Waals surface area contributed by atoms with Crippen LogP contribution in [0, 0.1) is 5.92 Å². The van der Waals surface area contributed by atoms with Crippen LogP contribution < -0.4 is 14.8 Å². The summed E-state index contributed by atoms with van der Waals surface area (Å²) in [5.74, 6) is 1.69. The number of ether oxygens (including phenoxy) is 2. The highest BCUT2D eigenvalue weighted by Gasteiger charge is 2.23. The summed E-state index contributed by atoms with van der Waals surface area (Å²) in [5, 5.41) is 4.16. The Morgan fingerprint density at radius 2 is 1.82 bits per heavy atom. The summed E-state index contributed by atoms with van der Waals surface area (Å²) in [4.78, 5) is 16.0. The van der Waals surface area contributed by atoms with E-state index in [2.05, 4.69) is 30.2 Å². The van der Waals surface area contributed by atoms with Gasteiger partial charge in [-0.1, -0.05) is 38.1 Å². The molecule has 1 aromatic heterocycles. The Labute approximate surface area is 166 Å². The maximum absolute atomic E-state index is 12.7. The molecule has 0 aliphatic heterocycles. The summed E-state index contributed by atoms with van der Waals surface area (Å²) in [6.45, 7) is 4.85. The zero-order chi connectivity index (χ0) is 20.1. The second-order valence-electron chi connectivity index (χ2n) is 7.36. The SMILES string of the molecule is COc1ccc([C@@H](CC(=O)NCC(C)C)c2c[nH]c3ccccc23)cc1OC. The molecule has 1 atom stereocenters. The van der Waals surface area contributed by atoms with Gasteiger partial charge in [-0.05, 0) is 35.2 Å². The molecule has 2 N–H and O–H groups in total. The number of hydrogen-bond acceptors (Lipinski definition) is 3. The number of aromatic nitrogens is 1. The van der Waals surface area contributed by atoms with E-state index in [1.807, 2.05) is 42.6 Å². The fourth-order valence-corrected chi connectivity index (χ4v) is 3.43. The quantitative estimate of drug-likeness (QED) is 0.606. The fraction of sp³-hybridized carbons (Fsp3) is 0.348. The van der Waals surface area contributed by atoms with Gasteiger partial charge < -0.3 is 19.8 Å². The van der Waals surface area contributed by atoms with E-state index in [9.17, 15) is 4.79 Å². The summed E-state index contributed by atoms with van der Waals surface area (Å²) in [6.07, 6.45) is 2.37. The van der Waals surface area contributed by atoms with Crippen LogP contribution in [0.3, 0.4) is 0 Å². The number of nitrogens with one attached hydrogen (secondary N) is 2. The predicted octanol–water partition coefficient (Wildman–Crippen LogP) is 4.48. The minimum atomic E-state index is -0.0943. The number of fused-ring (bicyclic) bond motifs is 1. The molecule has 5 heteroatoms. The Bertz CT molecular complexity index is 946. The molecule has 0 aliphatic carbocycles. The number of hydrogen-bond donors (Lipinski definition) is 2. The van der Waals surface area contributed by atoms with E-state index in [1.54, 1.807) is 14.2 Å². The van der Waals surface area contributed by atoms with Crippen molar-refractivity contribution in [2.24, 2.45) is 5.92 Å². The van der Waals surface area contributed by atoms with Crippen molar-refractivity contribution in [1.82, 2.24) is 10.3 Å². The normalized spacial score (nSPS) is 12.2. The van der Waals surface area contributed by atoms with Crippen molar-refractivity contribution in [1.29, 1.82) is 0 Å². The van der Waals surface area contributed by atoms with Gasteiger partial charge in [0.1, 0.15) is 0 Å². The minimum absolute atomic E-state index is 0.0405. The van der Waals surface area contributed by atoms with Crippen molar-refractivity contribution >= 4 is 16.8 Å². The predicted molar refractivity (Wildman–Crippen MR) is 112 cm³/mol. The number of amides is 1. The molecule has 0 saturated carbocycles. The largest absolute Gasteiger partial charge is 0.493 e. The number of carbonyl (C=O) groups is 1. The number of carbonyl (C=O) groups excluding carboxylic acids is 1. The van der Waals surface area contributed by atoms with Gasteiger partial charge in [0.25, 0.3) is 0 Å². The molecule has 3 rings (SSSR count). The minimum Gasteiger partial charge on any atom is -0.493 e. The van der Waals surface area contributed by atoms with E-state index in [0.29, 0.717) is 30.4 Å². The maximum Gasteiger partial charge on any atom is 0.220 e. The third kappa shape index (κ3) is 4.30. The zero-order valence-corrected chi connectivity index (χ0v) is 16.9. The average Bonchev–Trinajstić information content (AvgIpc) is 3.14. The number of rotatable bonds is 8. The van der Waals surface area contributed by atoms with Gasteiger partial charge in [-0.15, -0.1) is 0 Å². The molecule has 28 heavy (non-hydrogen) atoms. The number of aromatic amines is 1. The highest BCUT2D eigenvalue weighted by atomic mass is 16.5.